The minimum absolute atomic E-state index is 0.0834. The Hall–Kier alpha value is -1.29. The fourth-order valence-corrected chi connectivity index (χ4v) is 1.21. The SMILES string of the molecule is CCC(Cl)CNC(=O)c1cc(F)ccc1O. The van der Waals surface area contributed by atoms with E-state index in [1.165, 1.54) is 0 Å². The smallest absolute Gasteiger partial charge is 0.255 e. The summed E-state index contributed by atoms with van der Waals surface area (Å²) in [6, 6.07) is 3.21. The van der Waals surface area contributed by atoms with Crippen molar-refractivity contribution < 1.29 is 14.3 Å². The summed E-state index contributed by atoms with van der Waals surface area (Å²) in [7, 11) is 0. The first-order chi connectivity index (χ1) is 7.54. The number of rotatable bonds is 4. The maximum absolute atomic E-state index is 12.9. The molecule has 1 unspecified atom stereocenters. The number of hydrogen-bond acceptors (Lipinski definition) is 2. The molecule has 0 aromatic heterocycles. The van der Waals surface area contributed by atoms with Crippen LogP contribution in [0.15, 0.2) is 18.2 Å². The highest BCUT2D eigenvalue weighted by atomic mass is 35.5. The molecule has 0 radical (unpaired) electrons. The Labute approximate surface area is 98.2 Å². The van der Waals surface area contributed by atoms with Crippen LogP contribution < -0.4 is 5.32 Å². The van der Waals surface area contributed by atoms with Crippen LogP contribution in [-0.2, 0) is 0 Å². The van der Waals surface area contributed by atoms with Crippen LogP contribution in [0.25, 0.3) is 0 Å². The highest BCUT2D eigenvalue weighted by Gasteiger charge is 2.12. The third-order valence-corrected chi connectivity index (χ3v) is 2.59. The monoisotopic (exact) mass is 245 g/mol. The van der Waals surface area contributed by atoms with E-state index in [0.29, 0.717) is 0 Å². The second kappa shape index (κ2) is 5.70. The zero-order valence-electron chi connectivity index (χ0n) is 8.84. The van der Waals surface area contributed by atoms with E-state index in [-0.39, 0.29) is 23.2 Å². The topological polar surface area (TPSA) is 49.3 Å². The molecule has 1 rings (SSSR count). The first-order valence-electron chi connectivity index (χ1n) is 4.95. The van der Waals surface area contributed by atoms with Crippen molar-refractivity contribution in [3.63, 3.8) is 0 Å². The van der Waals surface area contributed by atoms with Crippen molar-refractivity contribution in [2.45, 2.75) is 18.7 Å². The molecule has 3 nitrogen and oxygen atoms in total. The lowest BCUT2D eigenvalue weighted by molar-refractivity contribution is 0.0950. The molecular formula is C11H13ClFNO2. The van der Waals surface area contributed by atoms with Crippen LogP contribution in [-0.4, -0.2) is 22.9 Å². The molecule has 0 spiro atoms. The summed E-state index contributed by atoms with van der Waals surface area (Å²) in [5, 5.41) is 11.7. The quantitative estimate of drug-likeness (QED) is 0.800. The molecule has 1 atom stereocenters. The fraction of sp³-hybridized carbons (Fsp3) is 0.364. The number of alkyl halides is 1. The fourth-order valence-electron chi connectivity index (χ4n) is 1.13. The summed E-state index contributed by atoms with van der Waals surface area (Å²) in [6.07, 6.45) is 0.719. The lowest BCUT2D eigenvalue weighted by Gasteiger charge is -2.09. The third-order valence-electron chi connectivity index (χ3n) is 2.13. The number of phenols is 1. The first-order valence-corrected chi connectivity index (χ1v) is 5.39. The number of benzene rings is 1. The summed E-state index contributed by atoms with van der Waals surface area (Å²) >= 11 is 5.82. The van der Waals surface area contributed by atoms with Crippen molar-refractivity contribution in [1.29, 1.82) is 0 Å². The number of aromatic hydroxyl groups is 1. The van der Waals surface area contributed by atoms with Gasteiger partial charge in [-0.3, -0.25) is 4.79 Å². The van der Waals surface area contributed by atoms with Gasteiger partial charge < -0.3 is 10.4 Å². The Morgan fingerprint density at radius 3 is 2.94 bits per heavy atom. The Kier molecular flexibility index (Phi) is 4.55. The summed E-state index contributed by atoms with van der Waals surface area (Å²) in [5.41, 5.74) is -0.0834. The lowest BCUT2D eigenvalue weighted by Crippen LogP contribution is -2.29. The molecule has 16 heavy (non-hydrogen) atoms. The third kappa shape index (κ3) is 3.38. The van der Waals surface area contributed by atoms with Crippen molar-refractivity contribution in [2.75, 3.05) is 6.54 Å². The van der Waals surface area contributed by atoms with Gasteiger partial charge in [0.2, 0.25) is 0 Å². The molecule has 1 aromatic rings. The van der Waals surface area contributed by atoms with Gasteiger partial charge in [0.05, 0.1) is 10.9 Å². The van der Waals surface area contributed by atoms with Gasteiger partial charge in [-0.15, -0.1) is 11.6 Å². The molecule has 0 saturated heterocycles. The van der Waals surface area contributed by atoms with E-state index in [2.05, 4.69) is 5.32 Å². The van der Waals surface area contributed by atoms with Crippen LogP contribution in [0.1, 0.15) is 23.7 Å². The van der Waals surface area contributed by atoms with E-state index in [0.717, 1.165) is 24.6 Å². The van der Waals surface area contributed by atoms with E-state index in [4.69, 9.17) is 11.6 Å². The van der Waals surface area contributed by atoms with Crippen molar-refractivity contribution in [2.24, 2.45) is 0 Å². The van der Waals surface area contributed by atoms with Crippen molar-refractivity contribution in [3.05, 3.63) is 29.6 Å². The van der Waals surface area contributed by atoms with Crippen LogP contribution in [0.5, 0.6) is 5.75 Å². The lowest BCUT2D eigenvalue weighted by atomic mass is 10.2. The van der Waals surface area contributed by atoms with Crippen LogP contribution in [0.2, 0.25) is 0 Å². The minimum atomic E-state index is -0.569. The molecule has 0 heterocycles. The van der Waals surface area contributed by atoms with Crippen LogP contribution in [0, 0.1) is 5.82 Å². The zero-order valence-corrected chi connectivity index (χ0v) is 9.59. The van der Waals surface area contributed by atoms with Gasteiger partial charge in [0.15, 0.2) is 0 Å². The number of carbonyl (C=O) groups excluding carboxylic acids is 1. The molecular weight excluding hydrogens is 233 g/mol. The van der Waals surface area contributed by atoms with Gasteiger partial charge in [-0.2, -0.15) is 0 Å². The van der Waals surface area contributed by atoms with E-state index in [9.17, 15) is 14.3 Å². The molecule has 88 valence electrons. The van der Waals surface area contributed by atoms with Crippen molar-refractivity contribution in [3.8, 4) is 5.75 Å². The number of nitrogens with one attached hydrogen (secondary N) is 1. The summed E-state index contributed by atoms with van der Waals surface area (Å²) < 4.78 is 12.9. The van der Waals surface area contributed by atoms with Gasteiger partial charge in [0, 0.05) is 6.54 Å². The minimum Gasteiger partial charge on any atom is -0.507 e. The predicted octanol–water partition coefficient (Wildman–Crippen LogP) is 2.28. The number of amides is 1. The van der Waals surface area contributed by atoms with Gasteiger partial charge in [0.1, 0.15) is 11.6 Å². The van der Waals surface area contributed by atoms with E-state index in [1.54, 1.807) is 0 Å². The molecule has 0 aliphatic heterocycles. The Bertz CT molecular complexity index is 384. The molecule has 5 heteroatoms. The molecule has 0 aliphatic rings. The van der Waals surface area contributed by atoms with Crippen LogP contribution >= 0.6 is 11.6 Å². The molecule has 0 bridgehead atoms. The average Bonchev–Trinajstić information content (AvgIpc) is 2.28. The Morgan fingerprint density at radius 1 is 1.62 bits per heavy atom. The van der Waals surface area contributed by atoms with Gasteiger partial charge in [-0.1, -0.05) is 6.92 Å². The average molecular weight is 246 g/mol. The molecule has 1 amide bonds. The molecule has 0 fully saturated rings. The zero-order chi connectivity index (χ0) is 12.1. The number of carbonyl (C=O) groups is 1. The highest BCUT2D eigenvalue weighted by Crippen LogP contribution is 2.17. The number of halogens is 2. The summed E-state index contributed by atoms with van der Waals surface area (Å²) in [6.45, 7) is 2.18. The van der Waals surface area contributed by atoms with Gasteiger partial charge in [0.25, 0.3) is 5.91 Å². The van der Waals surface area contributed by atoms with E-state index >= 15 is 0 Å². The van der Waals surface area contributed by atoms with E-state index < -0.39 is 11.7 Å². The molecule has 1 aromatic carbocycles. The van der Waals surface area contributed by atoms with Gasteiger partial charge in [-0.25, -0.2) is 4.39 Å². The molecule has 0 aliphatic carbocycles. The largest absolute Gasteiger partial charge is 0.507 e. The normalized spacial score (nSPS) is 12.2. The van der Waals surface area contributed by atoms with Gasteiger partial charge in [-0.05, 0) is 24.6 Å². The Morgan fingerprint density at radius 2 is 2.31 bits per heavy atom. The van der Waals surface area contributed by atoms with Crippen LogP contribution in [0.3, 0.4) is 0 Å². The first kappa shape index (κ1) is 12.8. The number of phenolic OH excluding ortho intramolecular Hbond substituents is 1. The van der Waals surface area contributed by atoms with E-state index in [1.807, 2.05) is 6.92 Å². The highest BCUT2D eigenvalue weighted by molar-refractivity contribution is 6.20. The Balaban J connectivity index is 2.69. The summed E-state index contributed by atoms with van der Waals surface area (Å²) in [4.78, 5) is 11.5. The standard InChI is InChI=1S/C11H13ClFNO2/c1-2-7(12)6-14-11(16)9-5-8(13)3-4-10(9)15/h3-5,7,15H,2,6H2,1H3,(H,14,16). The van der Waals surface area contributed by atoms with Crippen molar-refractivity contribution >= 4 is 17.5 Å². The van der Waals surface area contributed by atoms with Crippen molar-refractivity contribution in [1.82, 2.24) is 5.32 Å². The second-order valence-electron chi connectivity index (χ2n) is 3.38. The number of hydrogen-bond donors (Lipinski definition) is 2. The second-order valence-corrected chi connectivity index (χ2v) is 3.99. The maximum atomic E-state index is 12.9. The maximum Gasteiger partial charge on any atom is 0.255 e. The van der Waals surface area contributed by atoms with Crippen LogP contribution in [0.4, 0.5) is 4.39 Å². The summed E-state index contributed by atoms with van der Waals surface area (Å²) in [5.74, 6) is -1.35. The molecule has 2 N–H and O–H groups in total. The van der Waals surface area contributed by atoms with Gasteiger partial charge >= 0.3 is 0 Å². The molecule has 0 saturated carbocycles. The predicted molar refractivity (Wildman–Crippen MR) is 60.3 cm³/mol.